The Morgan fingerprint density at radius 1 is 1.55 bits per heavy atom. The van der Waals surface area contributed by atoms with Crippen molar-refractivity contribution in [1.82, 2.24) is 4.98 Å². The lowest BCUT2D eigenvalue weighted by atomic mass is 10.3. The summed E-state index contributed by atoms with van der Waals surface area (Å²) < 4.78 is 0. The molecule has 0 spiro atoms. The first-order valence-electron chi connectivity index (χ1n) is 3.13. The number of rotatable bonds is 0. The third-order valence-electron chi connectivity index (χ3n) is 1.50. The molecule has 11 heavy (non-hydrogen) atoms. The van der Waals surface area contributed by atoms with Gasteiger partial charge in [0.1, 0.15) is 4.83 Å². The van der Waals surface area contributed by atoms with E-state index in [0.29, 0.717) is 5.69 Å². The van der Waals surface area contributed by atoms with Gasteiger partial charge in [-0.15, -0.1) is 11.3 Å². The number of pyridine rings is 1. The SMILES string of the molecule is Nc1cc(=O)[nH]c2sccc12. The highest BCUT2D eigenvalue weighted by Crippen LogP contribution is 2.21. The average Bonchev–Trinajstić information content (AvgIpc) is 2.34. The largest absolute Gasteiger partial charge is 0.398 e. The quantitative estimate of drug-likeness (QED) is 0.617. The molecule has 0 bridgehead atoms. The molecule has 56 valence electrons. The maximum atomic E-state index is 10.9. The van der Waals surface area contributed by atoms with E-state index in [-0.39, 0.29) is 5.56 Å². The molecule has 0 fully saturated rings. The van der Waals surface area contributed by atoms with Crippen molar-refractivity contribution in [2.24, 2.45) is 0 Å². The molecule has 2 heterocycles. The van der Waals surface area contributed by atoms with Gasteiger partial charge < -0.3 is 10.7 Å². The minimum Gasteiger partial charge on any atom is -0.398 e. The minimum atomic E-state index is -0.141. The van der Waals surface area contributed by atoms with E-state index in [1.807, 2.05) is 11.4 Å². The van der Waals surface area contributed by atoms with Crippen LogP contribution < -0.4 is 11.3 Å². The van der Waals surface area contributed by atoms with E-state index in [9.17, 15) is 4.79 Å². The number of thiophene rings is 1. The van der Waals surface area contributed by atoms with Crippen LogP contribution in [0.5, 0.6) is 0 Å². The van der Waals surface area contributed by atoms with Crippen LogP contribution in [0, 0.1) is 0 Å². The number of hydrogen-bond acceptors (Lipinski definition) is 3. The van der Waals surface area contributed by atoms with Gasteiger partial charge in [-0.25, -0.2) is 0 Å². The number of fused-ring (bicyclic) bond motifs is 1. The number of aromatic amines is 1. The van der Waals surface area contributed by atoms with Crippen LogP contribution >= 0.6 is 11.3 Å². The highest BCUT2D eigenvalue weighted by atomic mass is 32.1. The Morgan fingerprint density at radius 2 is 2.36 bits per heavy atom. The molecule has 3 N–H and O–H groups in total. The van der Waals surface area contributed by atoms with Crippen LogP contribution in [0.15, 0.2) is 22.3 Å². The Kier molecular flexibility index (Phi) is 1.22. The van der Waals surface area contributed by atoms with Gasteiger partial charge in [0.15, 0.2) is 0 Å². The number of nitrogens with one attached hydrogen (secondary N) is 1. The molecular weight excluding hydrogens is 160 g/mol. The molecule has 0 amide bonds. The number of hydrogen-bond donors (Lipinski definition) is 2. The normalized spacial score (nSPS) is 10.5. The lowest BCUT2D eigenvalue weighted by Gasteiger charge is -1.92. The van der Waals surface area contributed by atoms with Crippen molar-refractivity contribution in [1.29, 1.82) is 0 Å². The first-order chi connectivity index (χ1) is 5.27. The Bertz CT molecular complexity index is 443. The van der Waals surface area contributed by atoms with Crippen molar-refractivity contribution in [3.05, 3.63) is 27.9 Å². The second-order valence-corrected chi connectivity index (χ2v) is 3.17. The molecule has 0 aliphatic rings. The van der Waals surface area contributed by atoms with Crippen LogP contribution in [0.25, 0.3) is 10.2 Å². The molecule has 0 radical (unpaired) electrons. The summed E-state index contributed by atoms with van der Waals surface area (Å²) >= 11 is 1.48. The molecule has 0 unspecified atom stereocenters. The van der Waals surface area contributed by atoms with Gasteiger partial charge in [0.25, 0.3) is 5.56 Å². The Morgan fingerprint density at radius 3 is 3.18 bits per heavy atom. The van der Waals surface area contributed by atoms with E-state index >= 15 is 0 Å². The van der Waals surface area contributed by atoms with Gasteiger partial charge in [-0.2, -0.15) is 0 Å². The highest BCUT2D eigenvalue weighted by Gasteiger charge is 1.99. The highest BCUT2D eigenvalue weighted by molar-refractivity contribution is 7.16. The molecule has 0 aliphatic carbocycles. The maximum absolute atomic E-state index is 10.9. The van der Waals surface area contributed by atoms with Crippen molar-refractivity contribution < 1.29 is 0 Å². The van der Waals surface area contributed by atoms with E-state index in [1.165, 1.54) is 17.4 Å². The zero-order valence-corrected chi connectivity index (χ0v) is 6.44. The number of nitrogen functional groups attached to an aromatic ring is 1. The molecule has 4 heteroatoms. The molecule has 2 aromatic heterocycles. The molecular formula is C7H6N2OS. The molecule has 0 aliphatic heterocycles. The van der Waals surface area contributed by atoms with E-state index in [2.05, 4.69) is 4.98 Å². The van der Waals surface area contributed by atoms with E-state index in [4.69, 9.17) is 5.73 Å². The summed E-state index contributed by atoms with van der Waals surface area (Å²) in [6.07, 6.45) is 0. The van der Waals surface area contributed by atoms with Crippen molar-refractivity contribution in [2.45, 2.75) is 0 Å². The predicted octanol–water partition coefficient (Wildman–Crippen LogP) is 1.17. The van der Waals surface area contributed by atoms with E-state index < -0.39 is 0 Å². The Hall–Kier alpha value is -1.29. The van der Waals surface area contributed by atoms with Crippen molar-refractivity contribution >= 4 is 27.2 Å². The minimum absolute atomic E-state index is 0.141. The Labute approximate surface area is 66.5 Å². The summed E-state index contributed by atoms with van der Waals surface area (Å²) in [7, 11) is 0. The lowest BCUT2D eigenvalue weighted by Crippen LogP contribution is -2.04. The fourth-order valence-electron chi connectivity index (χ4n) is 1.00. The van der Waals surface area contributed by atoms with Gasteiger partial charge in [0.2, 0.25) is 0 Å². The third-order valence-corrected chi connectivity index (χ3v) is 2.33. The van der Waals surface area contributed by atoms with E-state index in [1.54, 1.807) is 0 Å². The topological polar surface area (TPSA) is 58.9 Å². The van der Waals surface area contributed by atoms with Gasteiger partial charge in [-0.3, -0.25) is 4.79 Å². The van der Waals surface area contributed by atoms with Crippen LogP contribution in [-0.2, 0) is 0 Å². The molecule has 0 atom stereocenters. The molecule has 3 nitrogen and oxygen atoms in total. The molecule has 0 saturated heterocycles. The van der Waals surface area contributed by atoms with Crippen LogP contribution in [0.3, 0.4) is 0 Å². The summed E-state index contributed by atoms with van der Waals surface area (Å²) in [4.78, 5) is 14.4. The van der Waals surface area contributed by atoms with Gasteiger partial charge in [0, 0.05) is 17.1 Å². The van der Waals surface area contributed by atoms with Gasteiger partial charge >= 0.3 is 0 Å². The molecule has 0 saturated carbocycles. The average molecular weight is 166 g/mol. The smallest absolute Gasteiger partial charge is 0.251 e. The number of aromatic nitrogens is 1. The Balaban J connectivity index is 3.02. The summed E-state index contributed by atoms with van der Waals surface area (Å²) in [5.41, 5.74) is 5.99. The standard InChI is InChI=1S/C7H6N2OS/c8-5-3-6(10)9-7-4(5)1-2-11-7/h1-3H,(H3,8,9,10). The number of anilines is 1. The monoisotopic (exact) mass is 166 g/mol. The summed E-state index contributed by atoms with van der Waals surface area (Å²) in [5, 5.41) is 2.83. The summed E-state index contributed by atoms with van der Waals surface area (Å²) in [6, 6.07) is 3.29. The first kappa shape index (κ1) is 6.42. The van der Waals surface area contributed by atoms with Crippen molar-refractivity contribution in [3.8, 4) is 0 Å². The molecule has 2 rings (SSSR count). The summed E-state index contributed by atoms with van der Waals surface area (Å²) in [5.74, 6) is 0. The van der Waals surface area contributed by atoms with Crippen molar-refractivity contribution in [3.63, 3.8) is 0 Å². The second-order valence-electron chi connectivity index (χ2n) is 2.25. The third kappa shape index (κ3) is 0.914. The predicted molar refractivity (Wildman–Crippen MR) is 46.9 cm³/mol. The fraction of sp³-hybridized carbons (Fsp3) is 0. The van der Waals surface area contributed by atoms with E-state index in [0.717, 1.165) is 10.2 Å². The van der Waals surface area contributed by atoms with Gasteiger partial charge in [-0.1, -0.05) is 0 Å². The van der Waals surface area contributed by atoms with Crippen LogP contribution in [0.2, 0.25) is 0 Å². The zero-order valence-electron chi connectivity index (χ0n) is 5.63. The van der Waals surface area contributed by atoms with Crippen molar-refractivity contribution in [2.75, 3.05) is 5.73 Å². The second kappa shape index (κ2) is 2.10. The molecule has 2 aromatic rings. The fourth-order valence-corrected chi connectivity index (χ4v) is 1.81. The van der Waals surface area contributed by atoms with Crippen LogP contribution in [0.1, 0.15) is 0 Å². The van der Waals surface area contributed by atoms with Gasteiger partial charge in [-0.05, 0) is 11.4 Å². The number of H-pyrrole nitrogens is 1. The lowest BCUT2D eigenvalue weighted by molar-refractivity contribution is 1.33. The summed E-state index contributed by atoms with van der Waals surface area (Å²) in [6.45, 7) is 0. The van der Waals surface area contributed by atoms with Crippen LogP contribution in [0.4, 0.5) is 5.69 Å². The van der Waals surface area contributed by atoms with Crippen LogP contribution in [-0.4, -0.2) is 4.98 Å². The van der Waals surface area contributed by atoms with Gasteiger partial charge in [0.05, 0.1) is 0 Å². The zero-order chi connectivity index (χ0) is 7.84. The first-order valence-corrected chi connectivity index (χ1v) is 4.01. The number of nitrogens with two attached hydrogens (primary N) is 1. The molecule has 0 aromatic carbocycles. The maximum Gasteiger partial charge on any atom is 0.251 e.